The Morgan fingerprint density at radius 2 is 1.86 bits per heavy atom. The average molecular weight is 279 g/mol. The van der Waals surface area contributed by atoms with Crippen LogP contribution in [0.25, 0.3) is 10.8 Å². The van der Waals surface area contributed by atoms with Gasteiger partial charge in [-0.25, -0.2) is 4.98 Å². The molecule has 0 bridgehead atoms. The van der Waals surface area contributed by atoms with Crippen molar-refractivity contribution >= 4 is 16.6 Å². The molecule has 1 atom stereocenters. The van der Waals surface area contributed by atoms with Crippen LogP contribution < -0.4 is 16.2 Å². The van der Waals surface area contributed by atoms with Crippen LogP contribution in [0.15, 0.2) is 60.8 Å². The SMILES string of the molecule is Nc1nccc2ccc(OCC(N)c3ccccc3)cc12. The van der Waals surface area contributed by atoms with Gasteiger partial charge in [-0.05, 0) is 29.1 Å². The molecule has 0 aliphatic rings. The third kappa shape index (κ3) is 2.95. The summed E-state index contributed by atoms with van der Waals surface area (Å²) in [6.45, 7) is 0.412. The van der Waals surface area contributed by atoms with Crippen LogP contribution in [0.4, 0.5) is 5.82 Å². The largest absolute Gasteiger partial charge is 0.492 e. The highest BCUT2D eigenvalue weighted by atomic mass is 16.5. The lowest BCUT2D eigenvalue weighted by Crippen LogP contribution is -2.18. The van der Waals surface area contributed by atoms with Crippen molar-refractivity contribution in [1.82, 2.24) is 4.98 Å². The summed E-state index contributed by atoms with van der Waals surface area (Å²) in [5.74, 6) is 1.25. The van der Waals surface area contributed by atoms with Crippen molar-refractivity contribution in [2.45, 2.75) is 6.04 Å². The van der Waals surface area contributed by atoms with Gasteiger partial charge in [-0.1, -0.05) is 36.4 Å². The van der Waals surface area contributed by atoms with Crippen LogP contribution in [-0.4, -0.2) is 11.6 Å². The fourth-order valence-corrected chi connectivity index (χ4v) is 2.24. The molecule has 2 aromatic carbocycles. The summed E-state index contributed by atoms with van der Waals surface area (Å²) in [5.41, 5.74) is 13.1. The van der Waals surface area contributed by atoms with Gasteiger partial charge >= 0.3 is 0 Å². The first-order valence-corrected chi connectivity index (χ1v) is 6.81. The van der Waals surface area contributed by atoms with Crippen molar-refractivity contribution in [3.05, 3.63) is 66.4 Å². The third-order valence-electron chi connectivity index (χ3n) is 3.43. The molecule has 4 N–H and O–H groups in total. The monoisotopic (exact) mass is 279 g/mol. The van der Waals surface area contributed by atoms with E-state index in [1.807, 2.05) is 54.6 Å². The first kappa shape index (κ1) is 13.4. The lowest BCUT2D eigenvalue weighted by atomic mass is 10.1. The number of rotatable bonds is 4. The quantitative estimate of drug-likeness (QED) is 0.770. The second-order valence-corrected chi connectivity index (χ2v) is 4.91. The van der Waals surface area contributed by atoms with Gasteiger partial charge < -0.3 is 16.2 Å². The Bertz CT molecular complexity index is 743. The van der Waals surface area contributed by atoms with Crippen molar-refractivity contribution in [2.24, 2.45) is 5.73 Å². The average Bonchev–Trinajstić information content (AvgIpc) is 2.54. The third-order valence-corrected chi connectivity index (χ3v) is 3.43. The van der Waals surface area contributed by atoms with E-state index in [1.54, 1.807) is 6.20 Å². The minimum absolute atomic E-state index is 0.159. The van der Waals surface area contributed by atoms with Crippen molar-refractivity contribution in [3.8, 4) is 5.75 Å². The van der Waals surface area contributed by atoms with E-state index < -0.39 is 0 Å². The van der Waals surface area contributed by atoms with Gasteiger partial charge in [0.25, 0.3) is 0 Å². The zero-order valence-electron chi connectivity index (χ0n) is 11.6. The van der Waals surface area contributed by atoms with Crippen LogP contribution in [0.5, 0.6) is 5.75 Å². The maximum Gasteiger partial charge on any atom is 0.131 e. The number of nitrogen functional groups attached to an aromatic ring is 1. The molecule has 0 amide bonds. The second kappa shape index (κ2) is 5.81. The smallest absolute Gasteiger partial charge is 0.131 e. The molecular weight excluding hydrogens is 262 g/mol. The number of nitrogens with two attached hydrogens (primary N) is 2. The molecule has 0 aliphatic carbocycles. The van der Waals surface area contributed by atoms with Crippen molar-refractivity contribution in [1.29, 1.82) is 0 Å². The molecule has 3 aromatic rings. The number of anilines is 1. The van der Waals surface area contributed by atoms with Crippen LogP contribution in [-0.2, 0) is 0 Å². The maximum atomic E-state index is 6.12. The molecule has 0 saturated carbocycles. The zero-order chi connectivity index (χ0) is 14.7. The molecule has 4 heteroatoms. The summed E-state index contributed by atoms with van der Waals surface area (Å²) in [6, 6.07) is 17.4. The Hall–Kier alpha value is -2.59. The molecule has 1 unspecified atom stereocenters. The molecule has 0 saturated heterocycles. The predicted octanol–water partition coefficient (Wildman–Crippen LogP) is 2.90. The number of ether oxygens (including phenoxy) is 1. The summed E-state index contributed by atoms with van der Waals surface area (Å²) in [5, 5.41) is 1.94. The van der Waals surface area contributed by atoms with Gasteiger partial charge in [-0.3, -0.25) is 0 Å². The Kier molecular flexibility index (Phi) is 3.71. The normalized spacial score (nSPS) is 12.2. The van der Waals surface area contributed by atoms with Crippen LogP contribution in [0, 0.1) is 0 Å². The number of benzene rings is 2. The lowest BCUT2D eigenvalue weighted by Gasteiger charge is -2.14. The second-order valence-electron chi connectivity index (χ2n) is 4.91. The van der Waals surface area contributed by atoms with Crippen LogP contribution in [0.2, 0.25) is 0 Å². The highest BCUT2D eigenvalue weighted by Crippen LogP contribution is 2.24. The Morgan fingerprint density at radius 3 is 2.67 bits per heavy atom. The fraction of sp³-hybridized carbons (Fsp3) is 0.118. The van der Waals surface area contributed by atoms with E-state index in [0.717, 1.165) is 22.1 Å². The van der Waals surface area contributed by atoms with E-state index in [2.05, 4.69) is 4.98 Å². The summed E-state index contributed by atoms with van der Waals surface area (Å²) >= 11 is 0. The molecule has 4 nitrogen and oxygen atoms in total. The number of pyridine rings is 1. The Labute approximate surface area is 123 Å². The van der Waals surface area contributed by atoms with Crippen LogP contribution >= 0.6 is 0 Å². The van der Waals surface area contributed by atoms with Crippen LogP contribution in [0.3, 0.4) is 0 Å². The van der Waals surface area contributed by atoms with Crippen molar-refractivity contribution in [3.63, 3.8) is 0 Å². The Morgan fingerprint density at radius 1 is 1.05 bits per heavy atom. The van der Waals surface area contributed by atoms with Crippen molar-refractivity contribution < 1.29 is 4.74 Å². The molecule has 21 heavy (non-hydrogen) atoms. The molecule has 0 radical (unpaired) electrons. The van der Waals surface area contributed by atoms with Crippen LogP contribution in [0.1, 0.15) is 11.6 Å². The van der Waals surface area contributed by atoms with E-state index in [-0.39, 0.29) is 6.04 Å². The highest BCUT2D eigenvalue weighted by molar-refractivity contribution is 5.91. The molecule has 1 heterocycles. The molecule has 0 aliphatic heterocycles. The highest BCUT2D eigenvalue weighted by Gasteiger charge is 2.07. The fourth-order valence-electron chi connectivity index (χ4n) is 2.24. The minimum atomic E-state index is -0.159. The van der Waals surface area contributed by atoms with E-state index in [9.17, 15) is 0 Å². The number of aromatic nitrogens is 1. The van der Waals surface area contributed by atoms with E-state index in [1.165, 1.54) is 0 Å². The van der Waals surface area contributed by atoms with Crippen molar-refractivity contribution in [2.75, 3.05) is 12.3 Å². The molecular formula is C17H17N3O. The number of fused-ring (bicyclic) bond motifs is 1. The standard InChI is InChI=1S/C17H17N3O/c18-16(13-4-2-1-3-5-13)11-21-14-7-6-12-8-9-20-17(19)15(12)10-14/h1-10,16H,11,18H2,(H2,19,20). The molecule has 1 aromatic heterocycles. The predicted molar refractivity (Wildman–Crippen MR) is 85.0 cm³/mol. The minimum Gasteiger partial charge on any atom is -0.492 e. The van der Waals surface area contributed by atoms with Gasteiger partial charge in [-0.15, -0.1) is 0 Å². The van der Waals surface area contributed by atoms with E-state index in [0.29, 0.717) is 12.4 Å². The molecule has 3 rings (SSSR count). The number of hydrogen-bond acceptors (Lipinski definition) is 4. The van der Waals surface area contributed by atoms with Gasteiger partial charge in [0.1, 0.15) is 18.2 Å². The van der Waals surface area contributed by atoms with Gasteiger partial charge in [0.2, 0.25) is 0 Å². The number of hydrogen-bond donors (Lipinski definition) is 2. The summed E-state index contributed by atoms with van der Waals surface area (Å²) in [6.07, 6.45) is 1.70. The summed E-state index contributed by atoms with van der Waals surface area (Å²) in [7, 11) is 0. The van der Waals surface area contributed by atoms with E-state index in [4.69, 9.17) is 16.2 Å². The van der Waals surface area contributed by atoms with Gasteiger partial charge in [0.15, 0.2) is 0 Å². The number of nitrogens with zero attached hydrogens (tertiary/aromatic N) is 1. The first-order chi connectivity index (χ1) is 10.2. The van der Waals surface area contributed by atoms with E-state index >= 15 is 0 Å². The Balaban J connectivity index is 1.75. The summed E-state index contributed by atoms with van der Waals surface area (Å²) < 4.78 is 5.78. The molecule has 0 fully saturated rings. The first-order valence-electron chi connectivity index (χ1n) is 6.81. The van der Waals surface area contributed by atoms with Gasteiger partial charge in [0, 0.05) is 11.6 Å². The van der Waals surface area contributed by atoms with Gasteiger partial charge in [-0.2, -0.15) is 0 Å². The summed E-state index contributed by atoms with van der Waals surface area (Å²) in [4.78, 5) is 4.09. The molecule has 106 valence electrons. The van der Waals surface area contributed by atoms with Gasteiger partial charge in [0.05, 0.1) is 6.04 Å². The molecule has 0 spiro atoms. The lowest BCUT2D eigenvalue weighted by molar-refractivity contribution is 0.291. The topological polar surface area (TPSA) is 74.2 Å². The zero-order valence-corrected chi connectivity index (χ0v) is 11.6. The maximum absolute atomic E-state index is 6.12.